The first-order valence-corrected chi connectivity index (χ1v) is 7.25. The molecular weight excluding hydrogens is 254 g/mol. The van der Waals surface area contributed by atoms with Gasteiger partial charge in [-0.2, -0.15) is 4.98 Å². The Morgan fingerprint density at radius 3 is 2.95 bits per heavy atom. The van der Waals surface area contributed by atoms with Crippen LogP contribution in [0.3, 0.4) is 0 Å². The summed E-state index contributed by atoms with van der Waals surface area (Å²) in [6, 6.07) is 8.60. The zero-order chi connectivity index (χ0) is 14.0. The van der Waals surface area contributed by atoms with Crippen LogP contribution in [-0.2, 0) is 0 Å². The van der Waals surface area contributed by atoms with Crippen molar-refractivity contribution in [2.24, 2.45) is 0 Å². The van der Waals surface area contributed by atoms with Crippen LogP contribution in [0.5, 0.6) is 0 Å². The number of aliphatic hydroxyl groups is 1. The molecule has 20 heavy (non-hydrogen) atoms. The lowest BCUT2D eigenvalue weighted by Crippen LogP contribution is -2.48. The second kappa shape index (κ2) is 5.42. The Kier molecular flexibility index (Phi) is 3.63. The average Bonchev–Trinajstić information content (AvgIpc) is 2.77. The molecule has 0 saturated carbocycles. The molecule has 1 saturated heterocycles. The molecule has 0 radical (unpaired) electrons. The molecule has 5 nitrogen and oxygen atoms in total. The van der Waals surface area contributed by atoms with Crippen LogP contribution in [0.2, 0.25) is 0 Å². The number of nitrogens with zero attached hydrogens (tertiary/aromatic N) is 3. The summed E-state index contributed by atoms with van der Waals surface area (Å²) in [7, 11) is 2.21. The van der Waals surface area contributed by atoms with Crippen LogP contribution in [0, 0.1) is 0 Å². The third-order valence-electron chi connectivity index (χ3n) is 4.23. The summed E-state index contributed by atoms with van der Waals surface area (Å²) in [6.07, 6.45) is 1.09. The van der Waals surface area contributed by atoms with Gasteiger partial charge in [-0.3, -0.25) is 0 Å². The zero-order valence-corrected chi connectivity index (χ0v) is 12.0. The van der Waals surface area contributed by atoms with E-state index in [9.17, 15) is 5.11 Å². The fourth-order valence-corrected chi connectivity index (χ4v) is 2.88. The number of benzene rings is 1. The Labute approximate surface area is 119 Å². The Hall–Kier alpha value is -1.59. The standard InChI is InChI=1S/C15H22N3O2/c1-18(11-12-19)9-4-7-17(8-10-18)15-16-13-5-2-3-6-14(13)20-15/h2-3,5-6,19H,4,7-12H2,1H3/q+1. The molecule has 1 fully saturated rings. The van der Waals surface area contributed by atoms with Crippen LogP contribution >= 0.6 is 0 Å². The number of rotatable bonds is 3. The van der Waals surface area contributed by atoms with Crippen molar-refractivity contribution in [3.05, 3.63) is 24.3 Å². The van der Waals surface area contributed by atoms with Gasteiger partial charge < -0.3 is 18.9 Å². The highest BCUT2D eigenvalue weighted by Crippen LogP contribution is 2.23. The van der Waals surface area contributed by atoms with E-state index < -0.39 is 0 Å². The molecule has 2 heterocycles. The van der Waals surface area contributed by atoms with Crippen LogP contribution in [0.15, 0.2) is 28.7 Å². The molecule has 2 aromatic rings. The molecule has 108 valence electrons. The number of anilines is 1. The molecule has 1 N–H and O–H groups in total. The van der Waals surface area contributed by atoms with Crippen LogP contribution in [0.4, 0.5) is 6.01 Å². The maximum absolute atomic E-state index is 9.19. The summed E-state index contributed by atoms with van der Waals surface area (Å²) < 4.78 is 6.77. The van der Waals surface area contributed by atoms with E-state index in [-0.39, 0.29) is 6.61 Å². The molecule has 1 atom stereocenters. The van der Waals surface area contributed by atoms with E-state index in [2.05, 4.69) is 16.9 Å². The number of oxazole rings is 1. The third kappa shape index (κ3) is 2.64. The van der Waals surface area contributed by atoms with Crippen molar-refractivity contribution in [3.8, 4) is 0 Å². The normalized spacial score (nSPS) is 24.0. The van der Waals surface area contributed by atoms with Gasteiger partial charge in [0, 0.05) is 13.0 Å². The number of likely N-dealkylation sites (N-methyl/N-ethyl adjacent to an activating group) is 1. The van der Waals surface area contributed by atoms with Crippen molar-refractivity contribution in [2.75, 3.05) is 51.3 Å². The van der Waals surface area contributed by atoms with Gasteiger partial charge in [-0.15, -0.1) is 0 Å². The summed E-state index contributed by atoms with van der Waals surface area (Å²) >= 11 is 0. The van der Waals surface area contributed by atoms with Gasteiger partial charge in [0.25, 0.3) is 6.01 Å². The second-order valence-electron chi connectivity index (χ2n) is 5.82. The van der Waals surface area contributed by atoms with Crippen molar-refractivity contribution in [1.29, 1.82) is 0 Å². The molecule has 0 spiro atoms. The highest BCUT2D eigenvalue weighted by Gasteiger charge is 2.27. The Morgan fingerprint density at radius 2 is 2.15 bits per heavy atom. The predicted molar refractivity (Wildman–Crippen MR) is 78.7 cm³/mol. The number of fused-ring (bicyclic) bond motifs is 1. The molecule has 3 rings (SSSR count). The van der Waals surface area contributed by atoms with Crippen molar-refractivity contribution in [2.45, 2.75) is 6.42 Å². The van der Waals surface area contributed by atoms with Crippen LogP contribution in [0.1, 0.15) is 6.42 Å². The topological polar surface area (TPSA) is 49.5 Å². The van der Waals surface area contributed by atoms with Crippen LogP contribution in [0.25, 0.3) is 11.1 Å². The molecule has 0 amide bonds. The quantitative estimate of drug-likeness (QED) is 0.863. The molecule has 1 aromatic carbocycles. The molecule has 1 unspecified atom stereocenters. The number of para-hydroxylation sites is 2. The first-order chi connectivity index (χ1) is 9.70. The van der Waals surface area contributed by atoms with Gasteiger partial charge in [0.1, 0.15) is 12.1 Å². The van der Waals surface area contributed by atoms with Gasteiger partial charge in [0.2, 0.25) is 0 Å². The highest BCUT2D eigenvalue weighted by molar-refractivity contribution is 5.74. The molecule has 0 bridgehead atoms. The van der Waals surface area contributed by atoms with Gasteiger partial charge in [-0.05, 0) is 12.1 Å². The first kappa shape index (κ1) is 13.4. The van der Waals surface area contributed by atoms with E-state index in [1.54, 1.807) is 0 Å². The first-order valence-electron chi connectivity index (χ1n) is 7.25. The number of hydrogen-bond donors (Lipinski definition) is 1. The maximum atomic E-state index is 9.19. The van der Waals surface area contributed by atoms with Crippen molar-refractivity contribution in [3.63, 3.8) is 0 Å². The fourth-order valence-electron chi connectivity index (χ4n) is 2.88. The van der Waals surface area contributed by atoms with Crippen molar-refractivity contribution >= 4 is 17.1 Å². The van der Waals surface area contributed by atoms with E-state index in [1.165, 1.54) is 0 Å². The van der Waals surface area contributed by atoms with E-state index in [4.69, 9.17) is 4.42 Å². The largest absolute Gasteiger partial charge is 0.423 e. The minimum absolute atomic E-state index is 0.249. The zero-order valence-electron chi connectivity index (χ0n) is 12.0. The lowest BCUT2D eigenvalue weighted by molar-refractivity contribution is -0.907. The Morgan fingerprint density at radius 1 is 1.30 bits per heavy atom. The summed E-state index contributed by atoms with van der Waals surface area (Å²) in [5, 5.41) is 9.19. The Balaban J connectivity index is 1.77. The molecule has 5 heteroatoms. The van der Waals surface area contributed by atoms with E-state index in [0.29, 0.717) is 0 Å². The molecule has 1 aromatic heterocycles. The SMILES string of the molecule is C[N+]1(CCO)CCCN(c2nc3ccccc3o2)CC1. The van der Waals surface area contributed by atoms with E-state index >= 15 is 0 Å². The van der Waals surface area contributed by atoms with Gasteiger partial charge in [-0.1, -0.05) is 12.1 Å². The highest BCUT2D eigenvalue weighted by atomic mass is 16.4. The van der Waals surface area contributed by atoms with Crippen molar-refractivity contribution in [1.82, 2.24) is 4.98 Å². The third-order valence-corrected chi connectivity index (χ3v) is 4.23. The monoisotopic (exact) mass is 276 g/mol. The smallest absolute Gasteiger partial charge is 0.298 e. The maximum Gasteiger partial charge on any atom is 0.298 e. The number of aromatic nitrogens is 1. The fraction of sp³-hybridized carbons (Fsp3) is 0.533. The summed E-state index contributed by atoms with van der Waals surface area (Å²) in [6.45, 7) is 5.06. The van der Waals surface area contributed by atoms with Gasteiger partial charge in [0.05, 0.1) is 33.3 Å². The van der Waals surface area contributed by atoms with Crippen LogP contribution in [-0.4, -0.2) is 61.0 Å². The van der Waals surface area contributed by atoms with Gasteiger partial charge in [0.15, 0.2) is 5.58 Å². The second-order valence-corrected chi connectivity index (χ2v) is 5.82. The lowest BCUT2D eigenvalue weighted by Gasteiger charge is -2.32. The minimum Gasteiger partial charge on any atom is -0.423 e. The predicted octanol–water partition coefficient (Wildman–Crippen LogP) is 1.48. The molecule has 1 aliphatic heterocycles. The number of quaternary nitrogens is 1. The van der Waals surface area contributed by atoms with Gasteiger partial charge in [-0.25, -0.2) is 0 Å². The molecular formula is C15H22N3O2+. The van der Waals surface area contributed by atoms with Crippen LogP contribution < -0.4 is 4.90 Å². The molecule has 0 aliphatic carbocycles. The molecule has 1 aliphatic rings. The number of hydrogen-bond acceptors (Lipinski definition) is 4. The minimum atomic E-state index is 0.249. The average molecular weight is 276 g/mol. The summed E-state index contributed by atoms with van der Waals surface area (Å²) in [4.78, 5) is 6.80. The van der Waals surface area contributed by atoms with E-state index in [0.717, 1.165) is 60.7 Å². The van der Waals surface area contributed by atoms with Crippen molar-refractivity contribution < 1.29 is 14.0 Å². The van der Waals surface area contributed by atoms with E-state index in [1.807, 2.05) is 24.3 Å². The lowest BCUT2D eigenvalue weighted by atomic mass is 10.3. The summed E-state index contributed by atoms with van der Waals surface area (Å²) in [5.74, 6) is 0. The van der Waals surface area contributed by atoms with Gasteiger partial charge >= 0.3 is 0 Å². The number of aliphatic hydroxyl groups excluding tert-OH is 1. The summed E-state index contributed by atoms with van der Waals surface area (Å²) in [5.41, 5.74) is 1.76. The Bertz CT molecular complexity index is 550.